The van der Waals surface area contributed by atoms with Gasteiger partial charge in [0.15, 0.2) is 5.16 Å². The molecular weight excluding hydrogens is 378 g/mol. The van der Waals surface area contributed by atoms with E-state index in [1.54, 1.807) is 13.8 Å². The zero-order valence-electron chi connectivity index (χ0n) is 15.0. The molecule has 0 spiro atoms. The maximum atomic E-state index is 12.4. The number of alkyl halides is 2. The minimum atomic E-state index is -2.59. The number of nitrogens with zero attached hydrogens (tertiary/aromatic N) is 2. The maximum Gasteiger partial charge on any atom is 0.337 e. The molecule has 2 rings (SSSR count). The number of ether oxygens (including phenoxy) is 2. The summed E-state index contributed by atoms with van der Waals surface area (Å²) in [7, 11) is 1.28. The number of halogens is 2. The molecule has 0 N–H and O–H groups in total. The summed E-state index contributed by atoms with van der Waals surface area (Å²) in [6, 6.07) is 5.99. The summed E-state index contributed by atoms with van der Waals surface area (Å²) in [4.78, 5) is 31.5. The van der Waals surface area contributed by atoms with Crippen molar-refractivity contribution in [1.82, 2.24) is 9.97 Å². The number of esters is 2. The summed E-state index contributed by atoms with van der Waals surface area (Å²) >= 11 is 0.286. The number of rotatable bonds is 7. The number of carbonyl (C=O) groups excluding carboxylic acids is 2. The van der Waals surface area contributed by atoms with Crippen LogP contribution in [-0.4, -0.2) is 34.8 Å². The van der Waals surface area contributed by atoms with Gasteiger partial charge in [0.1, 0.15) is 5.75 Å². The van der Waals surface area contributed by atoms with E-state index >= 15 is 0 Å². The quantitative estimate of drug-likeness (QED) is 0.305. The Labute approximate surface area is 159 Å². The number of hydrogen-bond acceptors (Lipinski definition) is 7. The lowest BCUT2D eigenvalue weighted by Crippen LogP contribution is -2.11. The van der Waals surface area contributed by atoms with Crippen LogP contribution in [0.2, 0.25) is 0 Å². The van der Waals surface area contributed by atoms with Gasteiger partial charge in [0, 0.05) is 11.4 Å². The van der Waals surface area contributed by atoms with Crippen LogP contribution in [0.5, 0.6) is 5.75 Å². The third kappa shape index (κ3) is 5.99. The summed E-state index contributed by atoms with van der Waals surface area (Å²) in [6.45, 7) is 3.38. The predicted octanol–water partition coefficient (Wildman–Crippen LogP) is 3.73. The van der Waals surface area contributed by atoms with E-state index in [9.17, 15) is 18.4 Å². The van der Waals surface area contributed by atoms with Crippen molar-refractivity contribution in [1.29, 1.82) is 0 Å². The fourth-order valence-electron chi connectivity index (χ4n) is 2.39. The van der Waals surface area contributed by atoms with Gasteiger partial charge in [-0.15, -0.1) is 0 Å². The second kappa shape index (κ2) is 9.40. The molecule has 0 unspecified atom stereocenters. The molecule has 0 amide bonds. The summed E-state index contributed by atoms with van der Waals surface area (Å²) < 4.78 is 34.7. The maximum absolute atomic E-state index is 12.4. The molecule has 2 aromatic rings. The monoisotopic (exact) mass is 396 g/mol. The van der Waals surface area contributed by atoms with Gasteiger partial charge < -0.3 is 9.47 Å². The van der Waals surface area contributed by atoms with Crippen LogP contribution in [0, 0.1) is 13.8 Å². The Morgan fingerprint density at radius 2 is 1.70 bits per heavy atom. The van der Waals surface area contributed by atoms with Crippen LogP contribution in [0.15, 0.2) is 29.4 Å². The molecule has 9 heteroatoms. The third-order valence-electron chi connectivity index (χ3n) is 3.68. The molecule has 144 valence electrons. The van der Waals surface area contributed by atoms with Gasteiger partial charge in [-0.05, 0) is 61.9 Å². The van der Waals surface area contributed by atoms with Crippen LogP contribution in [0.1, 0.15) is 33.7 Å². The molecule has 0 saturated carbocycles. The van der Waals surface area contributed by atoms with E-state index in [0.29, 0.717) is 29.1 Å². The Balaban J connectivity index is 1.96. The Bertz CT molecular complexity index is 806. The number of aromatic nitrogens is 2. The molecule has 1 aromatic carbocycles. The zero-order chi connectivity index (χ0) is 20.0. The molecule has 0 aliphatic heterocycles. The van der Waals surface area contributed by atoms with Crippen LogP contribution < -0.4 is 4.74 Å². The van der Waals surface area contributed by atoms with Crippen molar-refractivity contribution in [2.75, 3.05) is 7.11 Å². The number of thioether (sulfide) groups is 1. The van der Waals surface area contributed by atoms with Gasteiger partial charge in [-0.3, -0.25) is 4.79 Å². The first kappa shape index (κ1) is 20.8. The van der Waals surface area contributed by atoms with Gasteiger partial charge >= 0.3 is 11.9 Å². The predicted molar refractivity (Wildman–Crippen MR) is 95.1 cm³/mol. The minimum Gasteiger partial charge on any atom is -0.465 e. The number of carbonyl (C=O) groups is 2. The van der Waals surface area contributed by atoms with Crippen molar-refractivity contribution in [3.05, 3.63) is 46.8 Å². The Kier molecular flexibility index (Phi) is 7.23. The SMILES string of the molecule is COC(=O)c1ccc(OC(=O)CCc2c(C)nc(SC(F)F)nc2C)cc1. The van der Waals surface area contributed by atoms with E-state index in [2.05, 4.69) is 14.7 Å². The van der Waals surface area contributed by atoms with E-state index in [1.807, 2.05) is 0 Å². The molecule has 27 heavy (non-hydrogen) atoms. The smallest absolute Gasteiger partial charge is 0.337 e. The Morgan fingerprint density at radius 3 is 2.22 bits per heavy atom. The number of methoxy groups -OCH3 is 1. The van der Waals surface area contributed by atoms with Gasteiger partial charge in [-0.2, -0.15) is 8.78 Å². The lowest BCUT2D eigenvalue weighted by atomic mass is 10.1. The number of benzene rings is 1. The molecule has 1 aromatic heterocycles. The van der Waals surface area contributed by atoms with Crippen LogP contribution >= 0.6 is 11.8 Å². The molecule has 0 atom stereocenters. The fraction of sp³-hybridized carbons (Fsp3) is 0.333. The van der Waals surface area contributed by atoms with Crippen molar-refractivity contribution < 1.29 is 27.8 Å². The van der Waals surface area contributed by atoms with E-state index in [4.69, 9.17) is 4.74 Å². The molecule has 6 nitrogen and oxygen atoms in total. The fourth-order valence-corrected chi connectivity index (χ4v) is 2.93. The van der Waals surface area contributed by atoms with Crippen molar-refractivity contribution in [2.24, 2.45) is 0 Å². The van der Waals surface area contributed by atoms with Crippen molar-refractivity contribution in [2.45, 2.75) is 37.6 Å². The minimum absolute atomic E-state index is 0.0111. The first-order valence-corrected chi connectivity index (χ1v) is 8.86. The molecule has 0 aliphatic carbocycles. The van der Waals surface area contributed by atoms with Gasteiger partial charge in [0.05, 0.1) is 19.1 Å². The van der Waals surface area contributed by atoms with Crippen LogP contribution in [-0.2, 0) is 16.0 Å². The molecule has 0 bridgehead atoms. The highest BCUT2D eigenvalue weighted by Gasteiger charge is 2.15. The van der Waals surface area contributed by atoms with E-state index < -0.39 is 17.7 Å². The highest BCUT2D eigenvalue weighted by Crippen LogP contribution is 2.24. The molecule has 0 radical (unpaired) electrons. The molecular formula is C18H18F2N2O4S. The number of aryl methyl sites for hydroxylation is 2. The normalized spacial score (nSPS) is 10.7. The van der Waals surface area contributed by atoms with E-state index in [1.165, 1.54) is 31.4 Å². The zero-order valence-corrected chi connectivity index (χ0v) is 15.8. The Morgan fingerprint density at radius 1 is 1.11 bits per heavy atom. The third-order valence-corrected chi connectivity index (χ3v) is 4.25. The molecule has 0 fully saturated rings. The summed E-state index contributed by atoms with van der Waals surface area (Å²) in [5.74, 6) is -3.23. The second-order valence-corrected chi connectivity index (χ2v) is 6.48. The second-order valence-electron chi connectivity index (χ2n) is 5.52. The Hall–Kier alpha value is -2.55. The summed E-state index contributed by atoms with van der Waals surface area (Å²) in [6.07, 6.45) is 0.404. The largest absolute Gasteiger partial charge is 0.465 e. The first-order valence-electron chi connectivity index (χ1n) is 7.98. The van der Waals surface area contributed by atoms with E-state index in [0.717, 1.165) is 5.56 Å². The summed E-state index contributed by atoms with van der Waals surface area (Å²) in [5, 5.41) is 0.0111. The first-order chi connectivity index (χ1) is 12.8. The van der Waals surface area contributed by atoms with Gasteiger partial charge in [-0.1, -0.05) is 0 Å². The van der Waals surface area contributed by atoms with Gasteiger partial charge in [0.2, 0.25) is 0 Å². The van der Waals surface area contributed by atoms with Crippen LogP contribution in [0.4, 0.5) is 8.78 Å². The standard InChI is InChI=1S/C18H18F2N2O4S/c1-10-14(11(2)22-18(21-10)27-17(19)20)8-9-15(23)26-13-6-4-12(5-7-13)16(24)25-3/h4-7,17H,8-9H2,1-3H3. The molecule has 1 heterocycles. The van der Waals surface area contributed by atoms with E-state index in [-0.39, 0.29) is 23.3 Å². The van der Waals surface area contributed by atoms with Crippen LogP contribution in [0.25, 0.3) is 0 Å². The highest BCUT2D eigenvalue weighted by atomic mass is 32.2. The van der Waals surface area contributed by atoms with Crippen molar-refractivity contribution >= 4 is 23.7 Å². The summed E-state index contributed by atoms with van der Waals surface area (Å²) in [5.41, 5.74) is 2.19. The van der Waals surface area contributed by atoms with Gasteiger partial charge in [0.25, 0.3) is 5.76 Å². The topological polar surface area (TPSA) is 78.4 Å². The number of hydrogen-bond donors (Lipinski definition) is 0. The average Bonchev–Trinajstić information content (AvgIpc) is 2.60. The highest BCUT2D eigenvalue weighted by molar-refractivity contribution is 7.99. The van der Waals surface area contributed by atoms with Crippen LogP contribution in [0.3, 0.4) is 0 Å². The molecule has 0 saturated heterocycles. The lowest BCUT2D eigenvalue weighted by Gasteiger charge is -2.10. The van der Waals surface area contributed by atoms with Gasteiger partial charge in [-0.25, -0.2) is 14.8 Å². The van der Waals surface area contributed by atoms with Crippen molar-refractivity contribution in [3.63, 3.8) is 0 Å². The molecule has 0 aliphatic rings. The lowest BCUT2D eigenvalue weighted by molar-refractivity contribution is -0.134. The average molecular weight is 396 g/mol. The van der Waals surface area contributed by atoms with Crippen molar-refractivity contribution in [3.8, 4) is 5.75 Å².